The lowest BCUT2D eigenvalue weighted by Crippen LogP contribution is -2.16. The Morgan fingerprint density at radius 1 is 0.824 bits per heavy atom. The van der Waals surface area contributed by atoms with Gasteiger partial charge in [0.05, 0.1) is 0 Å². The molecule has 17 heavy (non-hydrogen) atoms. The summed E-state index contributed by atoms with van der Waals surface area (Å²) >= 11 is 0. The zero-order chi connectivity index (χ0) is 13.7. The molecule has 0 bridgehead atoms. The van der Waals surface area contributed by atoms with Crippen LogP contribution < -0.4 is 0 Å². The highest BCUT2D eigenvalue weighted by Crippen LogP contribution is 2.08. The van der Waals surface area contributed by atoms with Crippen LogP contribution in [-0.4, -0.2) is 16.1 Å². The molecule has 0 saturated heterocycles. The molecule has 0 nitrogen and oxygen atoms in total. The van der Waals surface area contributed by atoms with Gasteiger partial charge >= 0.3 is 0 Å². The third-order valence-corrected chi connectivity index (χ3v) is 3.77. The minimum Gasteiger partial charge on any atom is -0.127 e. The van der Waals surface area contributed by atoms with Gasteiger partial charge in [-0.1, -0.05) is 58.0 Å². The quantitative estimate of drug-likeness (QED) is 0.483. The first-order valence-electron chi connectivity index (χ1n) is 6.31. The Morgan fingerprint density at radius 3 is 1.59 bits per heavy atom. The molecule has 0 N–H and O–H groups in total. The van der Waals surface area contributed by atoms with Crippen molar-refractivity contribution in [1.82, 2.24) is 0 Å². The second-order valence-corrected chi connectivity index (χ2v) is 16.0. The molecular formula is C15H26Si2. The third-order valence-electron chi connectivity index (χ3n) is 2.02. The Morgan fingerprint density at radius 2 is 1.24 bits per heavy atom. The van der Waals surface area contributed by atoms with Gasteiger partial charge in [-0.05, 0) is 13.3 Å². The summed E-state index contributed by atoms with van der Waals surface area (Å²) in [5, 5.41) is 0. The Kier molecular flexibility index (Phi) is 6.03. The van der Waals surface area contributed by atoms with Crippen molar-refractivity contribution >= 4 is 16.1 Å². The monoisotopic (exact) mass is 262 g/mol. The third kappa shape index (κ3) is 9.04. The molecule has 0 aliphatic rings. The molecule has 0 radical (unpaired) electrons. The van der Waals surface area contributed by atoms with E-state index in [0.29, 0.717) is 0 Å². The highest BCUT2D eigenvalue weighted by atomic mass is 28.3. The predicted molar refractivity (Wildman–Crippen MR) is 85.2 cm³/mol. The standard InChI is InChI=1S/C15H26Si2/c1-9-15(11-13-17(6,7)8)14(2)10-12-16(3,4)5/h9H2,1-8H3/b15-14-. The fourth-order valence-corrected chi connectivity index (χ4v) is 2.16. The Labute approximate surface area is 110 Å². The summed E-state index contributed by atoms with van der Waals surface area (Å²) in [6.07, 6.45) is 0.990. The summed E-state index contributed by atoms with van der Waals surface area (Å²) in [4.78, 5) is 0. The maximum absolute atomic E-state index is 3.43. The van der Waals surface area contributed by atoms with Crippen LogP contribution in [0.3, 0.4) is 0 Å². The highest BCUT2D eigenvalue weighted by molar-refractivity contribution is 6.84. The zero-order valence-electron chi connectivity index (χ0n) is 12.7. The lowest BCUT2D eigenvalue weighted by molar-refractivity contribution is 1.14. The topological polar surface area (TPSA) is 0 Å². The Balaban J connectivity index is 5.19. The van der Waals surface area contributed by atoms with Gasteiger partial charge in [0.1, 0.15) is 16.1 Å². The van der Waals surface area contributed by atoms with Gasteiger partial charge in [-0.25, -0.2) is 0 Å². The molecule has 0 saturated carbocycles. The van der Waals surface area contributed by atoms with Gasteiger partial charge in [-0.15, -0.1) is 11.1 Å². The van der Waals surface area contributed by atoms with E-state index in [2.05, 4.69) is 76.1 Å². The Hall–Kier alpha value is -0.706. The molecule has 94 valence electrons. The van der Waals surface area contributed by atoms with E-state index in [9.17, 15) is 0 Å². The number of allylic oxidation sites excluding steroid dienone is 2. The van der Waals surface area contributed by atoms with E-state index in [1.807, 2.05) is 0 Å². The Bertz CT molecular complexity index is 406. The van der Waals surface area contributed by atoms with Gasteiger partial charge in [0.25, 0.3) is 0 Å². The van der Waals surface area contributed by atoms with Crippen LogP contribution in [0.15, 0.2) is 11.1 Å². The maximum Gasteiger partial charge on any atom is 0.129 e. The van der Waals surface area contributed by atoms with Crippen molar-refractivity contribution in [2.75, 3.05) is 0 Å². The molecule has 0 fully saturated rings. The summed E-state index contributed by atoms with van der Waals surface area (Å²) in [5.74, 6) is 6.66. The molecule has 0 amide bonds. The summed E-state index contributed by atoms with van der Waals surface area (Å²) < 4.78 is 0. The lowest BCUT2D eigenvalue weighted by Gasteiger charge is -2.06. The van der Waals surface area contributed by atoms with E-state index in [1.54, 1.807) is 0 Å². The summed E-state index contributed by atoms with van der Waals surface area (Å²) in [5.41, 5.74) is 9.22. The molecule has 0 rings (SSSR count). The summed E-state index contributed by atoms with van der Waals surface area (Å²) in [6.45, 7) is 17.9. The van der Waals surface area contributed by atoms with E-state index in [1.165, 1.54) is 11.1 Å². The fraction of sp³-hybridized carbons (Fsp3) is 0.600. The SMILES string of the molecule is CC/C(C#C[Si](C)(C)C)=C(\C)C#C[Si](C)(C)C. The van der Waals surface area contributed by atoms with E-state index in [-0.39, 0.29) is 0 Å². The first kappa shape index (κ1) is 16.3. The molecule has 0 unspecified atom stereocenters. The molecule has 0 aromatic carbocycles. The van der Waals surface area contributed by atoms with Gasteiger partial charge in [0, 0.05) is 11.1 Å². The van der Waals surface area contributed by atoms with Crippen LogP contribution in [0.4, 0.5) is 0 Å². The van der Waals surface area contributed by atoms with Gasteiger partial charge < -0.3 is 0 Å². The fourth-order valence-electron chi connectivity index (χ4n) is 1.07. The first-order chi connectivity index (χ1) is 7.55. The van der Waals surface area contributed by atoms with Crippen molar-refractivity contribution in [2.24, 2.45) is 0 Å². The second-order valence-electron chi connectivity index (χ2n) is 6.46. The summed E-state index contributed by atoms with van der Waals surface area (Å²) in [6, 6.07) is 0. The van der Waals surface area contributed by atoms with Crippen molar-refractivity contribution in [2.45, 2.75) is 59.6 Å². The van der Waals surface area contributed by atoms with Crippen LogP contribution in [0.1, 0.15) is 20.3 Å². The van der Waals surface area contributed by atoms with Crippen molar-refractivity contribution in [1.29, 1.82) is 0 Å². The van der Waals surface area contributed by atoms with Crippen molar-refractivity contribution < 1.29 is 0 Å². The minimum absolute atomic E-state index is 0.990. The molecule has 0 spiro atoms. The first-order valence-corrected chi connectivity index (χ1v) is 13.3. The van der Waals surface area contributed by atoms with Crippen LogP contribution in [0, 0.1) is 22.9 Å². The maximum atomic E-state index is 3.43. The highest BCUT2D eigenvalue weighted by Gasteiger charge is 2.09. The van der Waals surface area contributed by atoms with Gasteiger partial charge in [0.15, 0.2) is 0 Å². The molecule has 0 aliphatic heterocycles. The van der Waals surface area contributed by atoms with Crippen LogP contribution in [0.5, 0.6) is 0 Å². The van der Waals surface area contributed by atoms with E-state index < -0.39 is 16.1 Å². The van der Waals surface area contributed by atoms with Crippen molar-refractivity contribution in [3.05, 3.63) is 11.1 Å². The molecular weight excluding hydrogens is 236 g/mol. The lowest BCUT2D eigenvalue weighted by atomic mass is 10.1. The van der Waals surface area contributed by atoms with E-state index >= 15 is 0 Å². The molecule has 0 aromatic heterocycles. The van der Waals surface area contributed by atoms with Crippen LogP contribution in [0.2, 0.25) is 39.3 Å². The normalized spacial score (nSPS) is 12.9. The van der Waals surface area contributed by atoms with Gasteiger partial charge in [-0.3, -0.25) is 0 Å². The van der Waals surface area contributed by atoms with Crippen LogP contribution >= 0.6 is 0 Å². The number of rotatable bonds is 1. The largest absolute Gasteiger partial charge is 0.129 e. The average Bonchev–Trinajstić information content (AvgIpc) is 2.12. The zero-order valence-corrected chi connectivity index (χ0v) is 14.7. The molecule has 0 aromatic rings. The van der Waals surface area contributed by atoms with Crippen LogP contribution in [-0.2, 0) is 0 Å². The summed E-state index contributed by atoms with van der Waals surface area (Å²) in [7, 11) is -2.55. The second kappa shape index (κ2) is 6.29. The molecule has 0 atom stereocenters. The van der Waals surface area contributed by atoms with Crippen LogP contribution in [0.25, 0.3) is 0 Å². The van der Waals surface area contributed by atoms with E-state index in [4.69, 9.17) is 0 Å². The molecule has 2 heteroatoms. The molecule has 0 heterocycles. The van der Waals surface area contributed by atoms with E-state index in [0.717, 1.165) is 6.42 Å². The smallest absolute Gasteiger partial charge is 0.127 e. The predicted octanol–water partition coefficient (Wildman–Crippen LogP) is 4.47. The minimum atomic E-state index is -1.28. The van der Waals surface area contributed by atoms with Gasteiger partial charge in [-0.2, -0.15) is 0 Å². The average molecular weight is 263 g/mol. The van der Waals surface area contributed by atoms with Crippen molar-refractivity contribution in [3.8, 4) is 22.9 Å². The number of hydrogen-bond donors (Lipinski definition) is 0. The molecule has 0 aliphatic carbocycles. The van der Waals surface area contributed by atoms with Gasteiger partial charge in [0.2, 0.25) is 0 Å². The number of hydrogen-bond acceptors (Lipinski definition) is 0. The van der Waals surface area contributed by atoms with Crippen molar-refractivity contribution in [3.63, 3.8) is 0 Å².